The largest absolute Gasteiger partial charge is 0.430 e. The summed E-state index contributed by atoms with van der Waals surface area (Å²) in [7, 11) is -3.43. The van der Waals surface area contributed by atoms with Crippen LogP contribution in [0.5, 0.6) is 0 Å². The van der Waals surface area contributed by atoms with E-state index in [1.807, 2.05) is 0 Å². The zero-order chi connectivity index (χ0) is 24.5. The summed E-state index contributed by atoms with van der Waals surface area (Å²) in [6.07, 6.45) is -12.0. The number of hydrogen-bond donors (Lipinski definition) is 2. The van der Waals surface area contributed by atoms with Crippen LogP contribution in [0.15, 0.2) is 53.4 Å². The van der Waals surface area contributed by atoms with Crippen molar-refractivity contribution >= 4 is 21.4 Å². The van der Waals surface area contributed by atoms with Crippen LogP contribution in [0.25, 0.3) is 0 Å². The summed E-state index contributed by atoms with van der Waals surface area (Å²) in [5, 5.41) is 11.7. The van der Waals surface area contributed by atoms with E-state index in [1.165, 1.54) is 38.1 Å². The molecule has 1 unspecified atom stereocenters. The van der Waals surface area contributed by atoms with Crippen molar-refractivity contribution < 1.29 is 44.7 Å². The number of benzene rings is 2. The molecule has 176 valence electrons. The van der Waals surface area contributed by atoms with Gasteiger partial charge in [0.15, 0.2) is 9.84 Å². The van der Waals surface area contributed by atoms with Gasteiger partial charge in [-0.15, -0.1) is 0 Å². The van der Waals surface area contributed by atoms with Crippen LogP contribution in [0.1, 0.15) is 30.9 Å². The molecule has 0 bridgehead atoms. The molecule has 0 aliphatic rings. The van der Waals surface area contributed by atoms with Crippen molar-refractivity contribution in [1.29, 1.82) is 0 Å². The van der Waals surface area contributed by atoms with Crippen molar-refractivity contribution in [3.63, 3.8) is 0 Å². The van der Waals surface area contributed by atoms with Gasteiger partial charge in [0.25, 0.3) is 5.60 Å². The first kappa shape index (κ1) is 25.7. The molecule has 0 spiro atoms. The molecule has 0 aromatic heterocycles. The molecule has 2 aromatic carbocycles. The Hall–Kier alpha value is -2.60. The van der Waals surface area contributed by atoms with Gasteiger partial charge in [-0.1, -0.05) is 31.2 Å². The van der Waals surface area contributed by atoms with E-state index in [2.05, 4.69) is 5.32 Å². The fourth-order valence-electron chi connectivity index (χ4n) is 2.82. The number of hydrogen-bond acceptors (Lipinski definition) is 4. The third-order valence-corrected chi connectivity index (χ3v) is 6.65. The van der Waals surface area contributed by atoms with Gasteiger partial charge in [-0.2, -0.15) is 26.3 Å². The lowest BCUT2D eigenvalue weighted by Gasteiger charge is -2.32. The van der Waals surface area contributed by atoms with Crippen LogP contribution < -0.4 is 5.32 Å². The highest BCUT2D eigenvalue weighted by molar-refractivity contribution is 7.91. The summed E-state index contributed by atoms with van der Waals surface area (Å²) in [5.41, 5.74) is -6.16. The van der Waals surface area contributed by atoms with Crippen LogP contribution in [0.2, 0.25) is 0 Å². The molecule has 2 N–H and O–H groups in total. The third kappa shape index (κ3) is 4.90. The summed E-state index contributed by atoms with van der Waals surface area (Å²) < 4.78 is 101. The van der Waals surface area contributed by atoms with Crippen LogP contribution in [0, 0.1) is 0 Å². The molecule has 1 amide bonds. The van der Waals surface area contributed by atoms with E-state index >= 15 is 0 Å². The van der Waals surface area contributed by atoms with Crippen molar-refractivity contribution in [1.82, 2.24) is 0 Å². The lowest BCUT2D eigenvalue weighted by Crippen LogP contribution is -2.53. The maximum absolute atomic E-state index is 12.9. The fourth-order valence-corrected chi connectivity index (χ4v) is 3.70. The number of carbonyl (C=O) groups excluding carboxylic acids is 1. The zero-order valence-corrected chi connectivity index (χ0v) is 17.6. The van der Waals surface area contributed by atoms with Gasteiger partial charge in [-0.05, 0) is 36.8 Å². The van der Waals surface area contributed by atoms with Crippen LogP contribution in [0.4, 0.5) is 32.0 Å². The zero-order valence-electron chi connectivity index (χ0n) is 16.8. The average Bonchev–Trinajstić information content (AvgIpc) is 2.71. The van der Waals surface area contributed by atoms with Gasteiger partial charge in [-0.3, -0.25) is 4.79 Å². The number of anilines is 1. The Bertz CT molecular complexity index is 1050. The van der Waals surface area contributed by atoms with Crippen LogP contribution in [-0.4, -0.2) is 37.5 Å². The minimum Gasteiger partial charge on any atom is -0.369 e. The molecular formula is C20H19F6NO4S. The molecule has 2 rings (SSSR count). The highest BCUT2D eigenvalue weighted by Crippen LogP contribution is 2.50. The van der Waals surface area contributed by atoms with Crippen molar-refractivity contribution in [2.75, 3.05) is 11.1 Å². The number of nitrogens with one attached hydrogen (secondary N) is 1. The maximum Gasteiger partial charge on any atom is 0.430 e. The van der Waals surface area contributed by atoms with Crippen molar-refractivity contribution in [3.8, 4) is 0 Å². The number of aliphatic hydroxyl groups is 1. The van der Waals surface area contributed by atoms with Crippen molar-refractivity contribution in [2.24, 2.45) is 0 Å². The van der Waals surface area contributed by atoms with E-state index in [0.717, 1.165) is 12.1 Å². The number of halogens is 6. The minimum absolute atomic E-state index is 0.0776. The van der Waals surface area contributed by atoms with Crippen molar-refractivity contribution in [3.05, 3.63) is 59.7 Å². The third-order valence-electron chi connectivity index (χ3n) is 4.90. The van der Waals surface area contributed by atoms with E-state index in [9.17, 15) is 44.7 Å². The molecule has 0 aliphatic carbocycles. The monoisotopic (exact) mass is 483 g/mol. The summed E-state index contributed by atoms with van der Waals surface area (Å²) in [6, 6.07) is 7.99. The highest BCUT2D eigenvalue weighted by atomic mass is 32.2. The molecule has 0 saturated carbocycles. The normalized spacial score (nSPS) is 14.2. The highest BCUT2D eigenvalue weighted by Gasteiger charge is 2.71. The number of amides is 1. The maximum atomic E-state index is 12.9. The van der Waals surface area contributed by atoms with Gasteiger partial charge in [0.05, 0.1) is 16.6 Å². The van der Waals surface area contributed by atoms with Gasteiger partial charge in [0, 0.05) is 11.3 Å². The first-order valence-electron chi connectivity index (χ1n) is 9.14. The predicted octanol–water partition coefficient (Wildman–Crippen LogP) is 4.53. The quantitative estimate of drug-likeness (QED) is 0.592. The fraction of sp³-hybridized carbons (Fsp3) is 0.350. The molecule has 1 atom stereocenters. The van der Waals surface area contributed by atoms with Crippen molar-refractivity contribution in [2.45, 2.75) is 42.6 Å². The molecule has 0 heterocycles. The Kier molecular flexibility index (Phi) is 7.01. The van der Waals surface area contributed by atoms with Crippen LogP contribution in [0.3, 0.4) is 0 Å². The standard InChI is InChI=1S/C20H19F6NO4S/c1-3-32(30,31)16-10-4-13(5-11-16)12(2)17(28)27-15-8-6-14(7-9-15)18(29,19(21,22)23)20(24,25)26/h4-12,29H,3H2,1-2H3,(H,27,28). The number of sulfone groups is 1. The SMILES string of the molecule is CCS(=O)(=O)c1ccc(C(C)C(=O)Nc2ccc(C(O)(C(F)(F)F)C(F)(F)F)cc2)cc1. The molecule has 2 aromatic rings. The van der Waals surface area contributed by atoms with E-state index in [1.54, 1.807) is 0 Å². The second-order valence-electron chi connectivity index (χ2n) is 6.97. The Morgan fingerprint density at radius 2 is 1.41 bits per heavy atom. The van der Waals surface area contributed by atoms with Crippen LogP contribution >= 0.6 is 0 Å². The lowest BCUT2D eigenvalue weighted by atomic mass is 9.92. The molecule has 0 radical (unpaired) electrons. The van der Waals surface area contributed by atoms with Gasteiger partial charge in [0.2, 0.25) is 5.91 Å². The minimum atomic E-state index is -6.01. The second kappa shape index (κ2) is 8.74. The Labute approximate surface area is 180 Å². The van der Waals surface area contributed by atoms with E-state index in [0.29, 0.717) is 17.7 Å². The molecule has 0 aliphatic heterocycles. The Morgan fingerprint density at radius 1 is 0.938 bits per heavy atom. The van der Waals surface area contributed by atoms with E-state index < -0.39 is 45.2 Å². The predicted molar refractivity (Wildman–Crippen MR) is 104 cm³/mol. The summed E-state index contributed by atoms with van der Waals surface area (Å²) in [4.78, 5) is 12.5. The first-order chi connectivity index (χ1) is 14.5. The summed E-state index contributed by atoms with van der Waals surface area (Å²) in [6.45, 7) is 2.97. The topological polar surface area (TPSA) is 83.5 Å². The van der Waals surface area contributed by atoms with Gasteiger partial charge < -0.3 is 10.4 Å². The lowest BCUT2D eigenvalue weighted by molar-refractivity contribution is -0.376. The number of rotatable bonds is 6. The molecule has 0 fully saturated rings. The molecular weight excluding hydrogens is 464 g/mol. The summed E-state index contributed by atoms with van der Waals surface area (Å²) in [5.74, 6) is -1.54. The molecule has 32 heavy (non-hydrogen) atoms. The second-order valence-corrected chi connectivity index (χ2v) is 9.24. The Morgan fingerprint density at radius 3 is 1.81 bits per heavy atom. The smallest absolute Gasteiger partial charge is 0.369 e. The molecule has 5 nitrogen and oxygen atoms in total. The Balaban J connectivity index is 2.21. The number of alkyl halides is 6. The summed E-state index contributed by atoms with van der Waals surface area (Å²) >= 11 is 0. The van der Waals surface area contributed by atoms with Crippen LogP contribution in [-0.2, 0) is 20.2 Å². The molecule has 12 heteroatoms. The van der Waals surface area contributed by atoms with Gasteiger partial charge >= 0.3 is 12.4 Å². The first-order valence-corrected chi connectivity index (χ1v) is 10.8. The van der Waals surface area contributed by atoms with Gasteiger partial charge in [0.1, 0.15) is 0 Å². The molecule has 0 saturated heterocycles. The van der Waals surface area contributed by atoms with E-state index in [4.69, 9.17) is 0 Å². The van der Waals surface area contributed by atoms with E-state index in [-0.39, 0.29) is 16.3 Å². The van der Waals surface area contributed by atoms with Gasteiger partial charge in [-0.25, -0.2) is 8.42 Å². The average molecular weight is 483 g/mol. The number of carbonyl (C=O) groups is 1.